The molecule has 2 heteroatoms. The molecule has 0 bridgehead atoms. The zero-order chi connectivity index (χ0) is 10.7. The van der Waals surface area contributed by atoms with Gasteiger partial charge in [-0.1, -0.05) is 30.4 Å². The Morgan fingerprint density at radius 3 is 2.93 bits per heavy atom. The molecule has 2 rings (SSSR count). The first-order valence-electron chi connectivity index (χ1n) is 5.13. The molecule has 0 aliphatic heterocycles. The Morgan fingerprint density at radius 2 is 2.13 bits per heavy atom. The second-order valence-electron chi connectivity index (χ2n) is 3.62. The van der Waals surface area contributed by atoms with Crippen LogP contribution >= 0.6 is 0 Å². The SMILES string of the molecule is CNC(C)/C=C/c1coc2ccccc12. The van der Waals surface area contributed by atoms with Crippen molar-refractivity contribution in [1.29, 1.82) is 0 Å². The van der Waals surface area contributed by atoms with E-state index in [9.17, 15) is 0 Å². The topological polar surface area (TPSA) is 25.2 Å². The molecule has 1 heterocycles. The van der Waals surface area contributed by atoms with Crippen LogP contribution in [0, 0.1) is 0 Å². The smallest absolute Gasteiger partial charge is 0.134 e. The average molecular weight is 201 g/mol. The summed E-state index contributed by atoms with van der Waals surface area (Å²) in [6.07, 6.45) is 6.01. The van der Waals surface area contributed by atoms with Crippen LogP contribution in [0.1, 0.15) is 12.5 Å². The van der Waals surface area contributed by atoms with E-state index in [1.807, 2.05) is 25.2 Å². The molecule has 1 unspecified atom stereocenters. The molecule has 0 amide bonds. The van der Waals surface area contributed by atoms with E-state index in [-0.39, 0.29) is 0 Å². The Kier molecular flexibility index (Phi) is 2.88. The maximum Gasteiger partial charge on any atom is 0.134 e. The summed E-state index contributed by atoms with van der Waals surface area (Å²) >= 11 is 0. The normalized spacial score (nSPS) is 13.7. The van der Waals surface area contributed by atoms with Crippen molar-refractivity contribution in [2.75, 3.05) is 7.05 Å². The summed E-state index contributed by atoms with van der Waals surface area (Å²) in [7, 11) is 1.95. The Morgan fingerprint density at radius 1 is 1.33 bits per heavy atom. The van der Waals surface area contributed by atoms with Crippen molar-refractivity contribution in [3.8, 4) is 0 Å². The molecule has 15 heavy (non-hydrogen) atoms. The molecule has 0 saturated carbocycles. The summed E-state index contributed by atoms with van der Waals surface area (Å²) in [6, 6.07) is 8.43. The molecule has 0 aliphatic rings. The number of rotatable bonds is 3. The summed E-state index contributed by atoms with van der Waals surface area (Å²) in [4.78, 5) is 0. The van der Waals surface area contributed by atoms with Crippen LogP contribution in [0.3, 0.4) is 0 Å². The van der Waals surface area contributed by atoms with Crippen LogP contribution in [0.5, 0.6) is 0 Å². The van der Waals surface area contributed by atoms with Crippen LogP contribution in [0.15, 0.2) is 41.0 Å². The maximum absolute atomic E-state index is 5.44. The van der Waals surface area contributed by atoms with Gasteiger partial charge in [0.1, 0.15) is 5.58 Å². The van der Waals surface area contributed by atoms with E-state index >= 15 is 0 Å². The van der Waals surface area contributed by atoms with Crippen molar-refractivity contribution in [2.24, 2.45) is 0 Å². The molecule has 2 nitrogen and oxygen atoms in total. The highest BCUT2D eigenvalue weighted by atomic mass is 16.3. The van der Waals surface area contributed by atoms with E-state index in [4.69, 9.17) is 4.42 Å². The van der Waals surface area contributed by atoms with Crippen LogP contribution in [-0.2, 0) is 0 Å². The molecule has 0 fully saturated rings. The summed E-state index contributed by atoms with van der Waals surface area (Å²) in [5, 5.41) is 4.32. The van der Waals surface area contributed by atoms with Crippen LogP contribution in [0.25, 0.3) is 17.0 Å². The lowest BCUT2D eigenvalue weighted by Crippen LogP contribution is -2.17. The fourth-order valence-corrected chi connectivity index (χ4v) is 1.47. The van der Waals surface area contributed by atoms with Gasteiger partial charge in [0.25, 0.3) is 0 Å². The quantitative estimate of drug-likeness (QED) is 0.825. The summed E-state index contributed by atoms with van der Waals surface area (Å²) in [6.45, 7) is 2.11. The Balaban J connectivity index is 2.32. The number of benzene rings is 1. The predicted octanol–water partition coefficient (Wildman–Crippen LogP) is 3.05. The minimum atomic E-state index is 0.374. The van der Waals surface area contributed by atoms with Gasteiger partial charge in [0.2, 0.25) is 0 Å². The number of fused-ring (bicyclic) bond motifs is 1. The van der Waals surface area contributed by atoms with E-state index in [2.05, 4.69) is 30.5 Å². The molecule has 0 spiro atoms. The number of hydrogen-bond donors (Lipinski definition) is 1. The van der Waals surface area contributed by atoms with Gasteiger partial charge in [-0.2, -0.15) is 0 Å². The lowest BCUT2D eigenvalue weighted by atomic mass is 10.1. The third-order valence-electron chi connectivity index (χ3n) is 2.53. The predicted molar refractivity (Wildman–Crippen MR) is 63.8 cm³/mol. The van der Waals surface area contributed by atoms with Gasteiger partial charge in [-0.05, 0) is 20.0 Å². The third-order valence-corrected chi connectivity index (χ3v) is 2.53. The first-order chi connectivity index (χ1) is 7.31. The molecule has 1 aromatic carbocycles. The lowest BCUT2D eigenvalue weighted by molar-refractivity contribution is 0.615. The van der Waals surface area contributed by atoms with Crippen LogP contribution in [0.2, 0.25) is 0 Å². The van der Waals surface area contributed by atoms with Crippen molar-refractivity contribution in [1.82, 2.24) is 5.32 Å². The first kappa shape index (κ1) is 9.99. The van der Waals surface area contributed by atoms with Crippen molar-refractivity contribution in [3.63, 3.8) is 0 Å². The molecular weight excluding hydrogens is 186 g/mol. The van der Waals surface area contributed by atoms with Crippen molar-refractivity contribution < 1.29 is 4.42 Å². The standard InChI is InChI=1S/C13H15NO/c1-10(14-2)7-8-11-9-15-13-6-4-3-5-12(11)13/h3-10,14H,1-2H3/b8-7+. The van der Waals surface area contributed by atoms with Gasteiger partial charge >= 0.3 is 0 Å². The zero-order valence-electron chi connectivity index (χ0n) is 9.03. The van der Waals surface area contributed by atoms with Crippen molar-refractivity contribution in [2.45, 2.75) is 13.0 Å². The molecule has 1 N–H and O–H groups in total. The monoisotopic (exact) mass is 201 g/mol. The third kappa shape index (κ3) is 2.10. The zero-order valence-corrected chi connectivity index (χ0v) is 9.03. The minimum absolute atomic E-state index is 0.374. The number of para-hydroxylation sites is 1. The van der Waals surface area contributed by atoms with E-state index in [1.165, 1.54) is 0 Å². The summed E-state index contributed by atoms with van der Waals surface area (Å²) in [5.41, 5.74) is 2.07. The fraction of sp³-hybridized carbons (Fsp3) is 0.231. The number of hydrogen-bond acceptors (Lipinski definition) is 2. The molecule has 1 atom stereocenters. The lowest BCUT2D eigenvalue weighted by Gasteiger charge is -2.01. The van der Waals surface area contributed by atoms with Gasteiger partial charge < -0.3 is 9.73 Å². The Labute approximate surface area is 89.6 Å². The molecule has 78 valence electrons. The van der Waals surface area contributed by atoms with Crippen LogP contribution in [0.4, 0.5) is 0 Å². The molecule has 1 aromatic heterocycles. The maximum atomic E-state index is 5.44. The summed E-state index contributed by atoms with van der Waals surface area (Å²) in [5.74, 6) is 0. The molecule has 0 saturated heterocycles. The number of furan rings is 1. The molecule has 0 radical (unpaired) electrons. The van der Waals surface area contributed by atoms with E-state index < -0.39 is 0 Å². The molecule has 0 aliphatic carbocycles. The van der Waals surface area contributed by atoms with E-state index in [0.29, 0.717) is 6.04 Å². The number of likely N-dealkylation sites (N-methyl/N-ethyl adjacent to an activating group) is 1. The van der Waals surface area contributed by atoms with Gasteiger partial charge in [-0.25, -0.2) is 0 Å². The van der Waals surface area contributed by atoms with Crippen molar-refractivity contribution in [3.05, 3.63) is 42.2 Å². The first-order valence-corrected chi connectivity index (χ1v) is 5.13. The largest absolute Gasteiger partial charge is 0.464 e. The second kappa shape index (κ2) is 4.32. The minimum Gasteiger partial charge on any atom is -0.464 e. The van der Waals surface area contributed by atoms with Gasteiger partial charge in [0, 0.05) is 17.0 Å². The fourth-order valence-electron chi connectivity index (χ4n) is 1.47. The van der Waals surface area contributed by atoms with Crippen LogP contribution in [-0.4, -0.2) is 13.1 Å². The van der Waals surface area contributed by atoms with Gasteiger partial charge in [-0.3, -0.25) is 0 Å². The highest BCUT2D eigenvalue weighted by Crippen LogP contribution is 2.21. The Bertz CT molecular complexity index is 470. The Hall–Kier alpha value is -1.54. The van der Waals surface area contributed by atoms with Crippen molar-refractivity contribution >= 4 is 17.0 Å². The highest BCUT2D eigenvalue weighted by molar-refractivity contribution is 5.86. The second-order valence-corrected chi connectivity index (χ2v) is 3.62. The molecule has 2 aromatic rings. The van der Waals surface area contributed by atoms with E-state index in [0.717, 1.165) is 16.5 Å². The average Bonchev–Trinajstić information content (AvgIpc) is 2.69. The summed E-state index contributed by atoms with van der Waals surface area (Å²) < 4.78 is 5.44. The highest BCUT2D eigenvalue weighted by Gasteiger charge is 2.01. The van der Waals surface area contributed by atoms with Crippen LogP contribution < -0.4 is 5.32 Å². The van der Waals surface area contributed by atoms with Gasteiger partial charge in [0.05, 0.1) is 6.26 Å². The van der Waals surface area contributed by atoms with E-state index in [1.54, 1.807) is 6.26 Å². The molecular formula is C13H15NO. The number of nitrogens with one attached hydrogen (secondary N) is 1. The van der Waals surface area contributed by atoms with Gasteiger partial charge in [-0.15, -0.1) is 0 Å². The van der Waals surface area contributed by atoms with Gasteiger partial charge in [0.15, 0.2) is 0 Å².